The molecule has 1 N–H and O–H groups in total. The zero-order valence-electron chi connectivity index (χ0n) is 8.46. The standard InChI is InChI=1S/C12H11NO2/c1-7(14)10-6-13-11-4-8-2-3-15-12(8)5-9(10)11/h4-6,13H,2-3H2,1H3. The Kier molecular flexibility index (Phi) is 1.63. The number of benzene rings is 1. The highest BCUT2D eigenvalue weighted by Crippen LogP contribution is 2.31. The summed E-state index contributed by atoms with van der Waals surface area (Å²) in [7, 11) is 0. The van der Waals surface area contributed by atoms with Gasteiger partial charge in [-0.05, 0) is 24.6 Å². The van der Waals surface area contributed by atoms with E-state index in [-0.39, 0.29) is 5.78 Å². The van der Waals surface area contributed by atoms with Crippen LogP contribution in [0.2, 0.25) is 0 Å². The summed E-state index contributed by atoms with van der Waals surface area (Å²) in [5, 5.41) is 0.961. The van der Waals surface area contributed by atoms with E-state index in [2.05, 4.69) is 11.1 Å². The molecule has 0 aliphatic carbocycles. The quantitative estimate of drug-likeness (QED) is 0.719. The van der Waals surface area contributed by atoms with Gasteiger partial charge in [0.25, 0.3) is 0 Å². The summed E-state index contributed by atoms with van der Waals surface area (Å²) >= 11 is 0. The first-order chi connectivity index (χ1) is 7.25. The predicted octanol–water partition coefficient (Wildman–Crippen LogP) is 2.31. The molecule has 1 aromatic carbocycles. The molecule has 0 saturated heterocycles. The molecular formula is C12H11NO2. The predicted molar refractivity (Wildman–Crippen MR) is 57.5 cm³/mol. The Morgan fingerprint density at radius 1 is 1.47 bits per heavy atom. The monoisotopic (exact) mass is 201 g/mol. The molecule has 15 heavy (non-hydrogen) atoms. The van der Waals surface area contributed by atoms with Crippen molar-refractivity contribution in [2.24, 2.45) is 0 Å². The van der Waals surface area contributed by atoms with Crippen molar-refractivity contribution in [1.82, 2.24) is 4.98 Å². The molecule has 3 rings (SSSR count). The topological polar surface area (TPSA) is 42.1 Å². The van der Waals surface area contributed by atoms with Crippen molar-refractivity contribution >= 4 is 16.7 Å². The smallest absolute Gasteiger partial charge is 0.161 e. The van der Waals surface area contributed by atoms with Gasteiger partial charge in [-0.3, -0.25) is 4.79 Å². The molecule has 1 aliphatic rings. The summed E-state index contributed by atoms with van der Waals surface area (Å²) in [6.45, 7) is 2.33. The van der Waals surface area contributed by atoms with Crippen LogP contribution in [0.5, 0.6) is 5.75 Å². The number of carbonyl (C=O) groups excluding carboxylic acids is 1. The number of aromatic nitrogens is 1. The fourth-order valence-corrected chi connectivity index (χ4v) is 2.09. The van der Waals surface area contributed by atoms with E-state index >= 15 is 0 Å². The number of hydrogen-bond donors (Lipinski definition) is 1. The maximum absolute atomic E-state index is 11.4. The van der Waals surface area contributed by atoms with Crippen molar-refractivity contribution in [3.8, 4) is 5.75 Å². The largest absolute Gasteiger partial charge is 0.493 e. The second kappa shape index (κ2) is 2.86. The summed E-state index contributed by atoms with van der Waals surface area (Å²) in [4.78, 5) is 14.5. The Balaban J connectivity index is 2.31. The van der Waals surface area contributed by atoms with Gasteiger partial charge in [0.05, 0.1) is 6.61 Å². The lowest BCUT2D eigenvalue weighted by Crippen LogP contribution is -1.89. The lowest BCUT2D eigenvalue weighted by atomic mass is 10.1. The minimum Gasteiger partial charge on any atom is -0.493 e. The van der Waals surface area contributed by atoms with Crippen LogP contribution in [-0.4, -0.2) is 17.4 Å². The Bertz CT molecular complexity index is 554. The van der Waals surface area contributed by atoms with Crippen molar-refractivity contribution in [3.63, 3.8) is 0 Å². The third-order valence-corrected chi connectivity index (χ3v) is 2.87. The third-order valence-electron chi connectivity index (χ3n) is 2.87. The van der Waals surface area contributed by atoms with E-state index < -0.39 is 0 Å². The van der Waals surface area contributed by atoms with Crippen LogP contribution in [0, 0.1) is 0 Å². The lowest BCUT2D eigenvalue weighted by Gasteiger charge is -1.99. The van der Waals surface area contributed by atoms with E-state index in [9.17, 15) is 4.79 Å². The van der Waals surface area contributed by atoms with Crippen LogP contribution in [0.3, 0.4) is 0 Å². The molecule has 2 heterocycles. The molecule has 3 heteroatoms. The number of Topliss-reactive ketones (excluding diaryl/α,β-unsaturated/α-hetero) is 1. The molecule has 1 aromatic heterocycles. The number of fused-ring (bicyclic) bond motifs is 2. The highest BCUT2D eigenvalue weighted by atomic mass is 16.5. The summed E-state index contributed by atoms with van der Waals surface area (Å²) in [5.74, 6) is 1.00. The van der Waals surface area contributed by atoms with Gasteiger partial charge in [0.2, 0.25) is 0 Å². The molecule has 0 saturated carbocycles. The van der Waals surface area contributed by atoms with Gasteiger partial charge in [-0.2, -0.15) is 0 Å². The molecule has 0 atom stereocenters. The first-order valence-corrected chi connectivity index (χ1v) is 5.03. The van der Waals surface area contributed by atoms with Crippen LogP contribution in [0.4, 0.5) is 0 Å². The molecule has 0 bridgehead atoms. The number of H-pyrrole nitrogens is 1. The fraction of sp³-hybridized carbons (Fsp3) is 0.250. The molecule has 0 unspecified atom stereocenters. The van der Waals surface area contributed by atoms with Gasteiger partial charge in [-0.15, -0.1) is 0 Å². The van der Waals surface area contributed by atoms with Gasteiger partial charge >= 0.3 is 0 Å². The third kappa shape index (κ3) is 1.16. The van der Waals surface area contributed by atoms with Gasteiger partial charge in [0.15, 0.2) is 5.78 Å². The number of ether oxygens (including phenoxy) is 1. The highest BCUT2D eigenvalue weighted by Gasteiger charge is 2.16. The zero-order valence-corrected chi connectivity index (χ0v) is 8.46. The van der Waals surface area contributed by atoms with E-state index in [1.165, 1.54) is 5.56 Å². The van der Waals surface area contributed by atoms with E-state index in [0.29, 0.717) is 0 Å². The molecule has 76 valence electrons. The van der Waals surface area contributed by atoms with Gasteiger partial charge < -0.3 is 9.72 Å². The first kappa shape index (κ1) is 8.53. The van der Waals surface area contributed by atoms with E-state index in [1.54, 1.807) is 13.1 Å². The number of carbonyl (C=O) groups is 1. The van der Waals surface area contributed by atoms with Crippen LogP contribution in [0.1, 0.15) is 22.8 Å². The molecule has 2 aromatic rings. The number of aromatic amines is 1. The molecule has 0 radical (unpaired) electrons. The fourth-order valence-electron chi connectivity index (χ4n) is 2.09. The average Bonchev–Trinajstić information content (AvgIpc) is 2.77. The van der Waals surface area contributed by atoms with Crippen molar-refractivity contribution in [1.29, 1.82) is 0 Å². The van der Waals surface area contributed by atoms with Gasteiger partial charge in [-0.25, -0.2) is 0 Å². The van der Waals surface area contributed by atoms with Crippen LogP contribution in [-0.2, 0) is 6.42 Å². The van der Waals surface area contributed by atoms with Crippen molar-refractivity contribution in [2.75, 3.05) is 6.61 Å². The summed E-state index contributed by atoms with van der Waals surface area (Å²) in [5.41, 5.74) is 2.98. The summed E-state index contributed by atoms with van der Waals surface area (Å²) < 4.78 is 5.49. The van der Waals surface area contributed by atoms with E-state index in [0.717, 1.165) is 35.2 Å². The SMILES string of the molecule is CC(=O)c1c[nH]c2cc3c(cc12)OCC3. The van der Waals surface area contributed by atoms with E-state index in [1.807, 2.05) is 6.07 Å². The molecule has 0 spiro atoms. The van der Waals surface area contributed by atoms with Gasteiger partial charge in [0.1, 0.15) is 5.75 Å². The zero-order chi connectivity index (χ0) is 10.4. The Labute approximate surface area is 87.1 Å². The molecule has 0 fully saturated rings. The van der Waals surface area contributed by atoms with Crippen LogP contribution in [0.25, 0.3) is 10.9 Å². The second-order valence-corrected chi connectivity index (χ2v) is 3.86. The van der Waals surface area contributed by atoms with Gasteiger partial charge in [-0.1, -0.05) is 0 Å². The summed E-state index contributed by atoms with van der Waals surface area (Å²) in [6, 6.07) is 4.04. The van der Waals surface area contributed by atoms with Crippen molar-refractivity contribution in [2.45, 2.75) is 13.3 Å². The first-order valence-electron chi connectivity index (χ1n) is 5.03. The second-order valence-electron chi connectivity index (χ2n) is 3.86. The number of nitrogens with one attached hydrogen (secondary N) is 1. The Hall–Kier alpha value is -1.77. The summed E-state index contributed by atoms with van der Waals surface area (Å²) in [6.07, 6.45) is 2.72. The normalized spacial score (nSPS) is 13.9. The Morgan fingerprint density at radius 3 is 3.13 bits per heavy atom. The highest BCUT2D eigenvalue weighted by molar-refractivity contribution is 6.07. The minimum absolute atomic E-state index is 0.0826. The average molecular weight is 201 g/mol. The Morgan fingerprint density at radius 2 is 2.33 bits per heavy atom. The number of ketones is 1. The molecule has 3 nitrogen and oxygen atoms in total. The maximum atomic E-state index is 11.4. The van der Waals surface area contributed by atoms with Crippen LogP contribution < -0.4 is 4.74 Å². The maximum Gasteiger partial charge on any atom is 0.161 e. The van der Waals surface area contributed by atoms with E-state index in [4.69, 9.17) is 4.74 Å². The van der Waals surface area contributed by atoms with Crippen LogP contribution in [0.15, 0.2) is 18.3 Å². The minimum atomic E-state index is 0.0826. The molecule has 0 amide bonds. The lowest BCUT2D eigenvalue weighted by molar-refractivity contribution is 0.101. The van der Waals surface area contributed by atoms with Crippen LogP contribution >= 0.6 is 0 Å². The van der Waals surface area contributed by atoms with Crippen molar-refractivity contribution < 1.29 is 9.53 Å². The molecule has 1 aliphatic heterocycles. The number of rotatable bonds is 1. The molecular weight excluding hydrogens is 190 g/mol. The number of hydrogen-bond acceptors (Lipinski definition) is 2. The van der Waals surface area contributed by atoms with Gasteiger partial charge in [0, 0.05) is 29.1 Å². The van der Waals surface area contributed by atoms with Crippen molar-refractivity contribution in [3.05, 3.63) is 29.5 Å².